The van der Waals surface area contributed by atoms with Crippen molar-refractivity contribution in [3.05, 3.63) is 64.1 Å². The van der Waals surface area contributed by atoms with Crippen molar-refractivity contribution in [2.75, 3.05) is 0 Å². The molecule has 21 heavy (non-hydrogen) atoms. The normalized spacial score (nSPS) is 14.3. The van der Waals surface area contributed by atoms with Gasteiger partial charge in [0.05, 0.1) is 0 Å². The van der Waals surface area contributed by atoms with Gasteiger partial charge in [-0.15, -0.1) is 0 Å². The molecule has 0 saturated carbocycles. The predicted molar refractivity (Wildman–Crippen MR) is 77.6 cm³/mol. The number of nitrogens with zero attached hydrogens (tertiary/aromatic N) is 3. The summed E-state index contributed by atoms with van der Waals surface area (Å²) in [6, 6.07) is 5.67. The number of pyridine rings is 1. The molecule has 3 nitrogen and oxygen atoms in total. The van der Waals surface area contributed by atoms with Gasteiger partial charge in [0, 0.05) is 11.8 Å². The number of halogens is 2. The van der Waals surface area contributed by atoms with Gasteiger partial charge in [0.25, 0.3) is 0 Å². The lowest BCUT2D eigenvalue weighted by molar-refractivity contribution is 0.542. The molecule has 106 valence electrons. The number of benzene rings is 1. The second-order valence-corrected chi connectivity index (χ2v) is 5.25. The lowest BCUT2D eigenvalue weighted by Gasteiger charge is -2.13. The average Bonchev–Trinajstić information content (AvgIpc) is 2.82. The largest absolute Gasteiger partial charge is 0.235 e. The topological polar surface area (TPSA) is 37.6 Å². The minimum absolute atomic E-state index is 0.0769. The van der Waals surface area contributed by atoms with Crippen LogP contribution in [0, 0.1) is 11.6 Å². The third-order valence-electron chi connectivity index (χ3n) is 3.45. The van der Waals surface area contributed by atoms with E-state index < -0.39 is 11.6 Å². The second kappa shape index (κ2) is 5.37. The van der Waals surface area contributed by atoms with Gasteiger partial charge in [0.2, 0.25) is 5.11 Å². The summed E-state index contributed by atoms with van der Waals surface area (Å²) < 4.78 is 27.5. The van der Waals surface area contributed by atoms with Crippen molar-refractivity contribution in [2.45, 2.75) is 19.3 Å². The number of thiocarbonyl (C=S) groups is 1. The third-order valence-corrected chi connectivity index (χ3v) is 3.63. The number of rotatable bonds is 3. The molecule has 0 N–H and O–H groups in total. The second-order valence-electron chi connectivity index (χ2n) is 4.88. The average molecular weight is 303 g/mol. The molecule has 6 heteroatoms. The van der Waals surface area contributed by atoms with E-state index in [0.717, 1.165) is 5.56 Å². The molecule has 1 aliphatic rings. The van der Waals surface area contributed by atoms with Crippen LogP contribution in [0.25, 0.3) is 0 Å². The molecular weight excluding hydrogens is 292 g/mol. The van der Waals surface area contributed by atoms with Crippen LogP contribution in [0.2, 0.25) is 0 Å². The lowest BCUT2D eigenvalue weighted by Crippen LogP contribution is -2.30. The molecule has 2 aromatic rings. The molecule has 0 saturated heterocycles. The Hall–Kier alpha value is -2.08. The van der Waals surface area contributed by atoms with Gasteiger partial charge < -0.3 is 0 Å². The minimum atomic E-state index is -0.537. The fourth-order valence-electron chi connectivity index (χ4n) is 2.41. The molecule has 1 unspecified atom stereocenters. The summed E-state index contributed by atoms with van der Waals surface area (Å²) in [6.07, 6.45) is 1.84. The monoisotopic (exact) mass is 303 g/mol. The zero-order valence-electron chi connectivity index (χ0n) is 11.2. The van der Waals surface area contributed by atoms with E-state index in [2.05, 4.69) is 15.0 Å². The highest BCUT2D eigenvalue weighted by atomic mass is 32.1. The Morgan fingerprint density at radius 1 is 1.14 bits per heavy atom. The van der Waals surface area contributed by atoms with Gasteiger partial charge in [0.1, 0.15) is 17.0 Å². The molecule has 0 radical (unpaired) electrons. The Kier molecular flexibility index (Phi) is 3.55. The van der Waals surface area contributed by atoms with Crippen molar-refractivity contribution in [3.8, 4) is 0 Å². The maximum absolute atomic E-state index is 13.7. The smallest absolute Gasteiger partial charge is 0.221 e. The van der Waals surface area contributed by atoms with Crippen LogP contribution in [0.4, 0.5) is 8.78 Å². The van der Waals surface area contributed by atoms with Crippen molar-refractivity contribution in [3.63, 3.8) is 0 Å². The van der Waals surface area contributed by atoms with Crippen molar-refractivity contribution in [1.29, 1.82) is 0 Å². The van der Waals surface area contributed by atoms with Crippen LogP contribution >= 0.6 is 12.2 Å². The van der Waals surface area contributed by atoms with Crippen molar-refractivity contribution >= 4 is 17.3 Å². The third kappa shape index (κ3) is 2.58. The minimum Gasteiger partial charge on any atom is -0.235 e. The van der Waals surface area contributed by atoms with Gasteiger partial charge in [-0.25, -0.2) is 18.8 Å². The Morgan fingerprint density at radius 2 is 1.86 bits per heavy atom. The van der Waals surface area contributed by atoms with Gasteiger partial charge in [-0.1, -0.05) is 13.0 Å². The highest BCUT2D eigenvalue weighted by Gasteiger charge is 2.17. The highest BCUT2D eigenvalue weighted by Crippen LogP contribution is 2.21. The lowest BCUT2D eigenvalue weighted by atomic mass is 9.93. The van der Waals surface area contributed by atoms with Gasteiger partial charge in [-0.3, -0.25) is 0 Å². The fourth-order valence-corrected chi connectivity index (χ4v) is 2.58. The Labute approximate surface area is 125 Å². The van der Waals surface area contributed by atoms with Crippen LogP contribution < -0.4 is 10.8 Å². The summed E-state index contributed by atoms with van der Waals surface area (Å²) in [5.74, 6) is -1.21. The summed E-state index contributed by atoms with van der Waals surface area (Å²) >= 11 is 4.95. The standard InChI is InChI=1S/C15H11F2N3S/c1-8(7-10-11(16)3-2-4-12(10)17)9-5-6-18-14-13(9)19-15(21)20-14/h2-6,8H,7H2,1H3. The summed E-state index contributed by atoms with van der Waals surface area (Å²) in [5, 5.41) is 0.834. The Bertz CT molecular complexity index is 828. The van der Waals surface area contributed by atoms with Crippen molar-refractivity contribution in [1.82, 2.24) is 4.98 Å². The predicted octanol–water partition coefficient (Wildman–Crippen LogP) is 2.24. The molecule has 0 spiro atoms. The molecule has 1 aromatic carbocycles. The van der Waals surface area contributed by atoms with Crippen LogP contribution in [0.5, 0.6) is 0 Å². The molecule has 0 bridgehead atoms. The Balaban J connectivity index is 2.01. The summed E-state index contributed by atoms with van der Waals surface area (Å²) in [4.78, 5) is 12.3. The van der Waals surface area contributed by atoms with E-state index in [9.17, 15) is 8.78 Å². The first-order valence-electron chi connectivity index (χ1n) is 6.45. The van der Waals surface area contributed by atoms with E-state index in [-0.39, 0.29) is 23.0 Å². The van der Waals surface area contributed by atoms with E-state index >= 15 is 0 Å². The van der Waals surface area contributed by atoms with Crippen LogP contribution in [0.3, 0.4) is 0 Å². The molecule has 1 atom stereocenters. The molecule has 0 amide bonds. The quantitative estimate of drug-likeness (QED) is 0.816. The number of hydrogen-bond acceptors (Lipinski definition) is 2. The van der Waals surface area contributed by atoms with Gasteiger partial charge in [-0.05, 0) is 48.3 Å². The first-order valence-corrected chi connectivity index (χ1v) is 6.86. The summed E-state index contributed by atoms with van der Waals surface area (Å²) in [6.45, 7) is 1.89. The summed E-state index contributed by atoms with van der Waals surface area (Å²) in [5.41, 5.74) is 1.39. The first kappa shape index (κ1) is 13.9. The van der Waals surface area contributed by atoms with Gasteiger partial charge in [0.15, 0.2) is 5.49 Å². The van der Waals surface area contributed by atoms with E-state index in [4.69, 9.17) is 12.2 Å². The van der Waals surface area contributed by atoms with Crippen LogP contribution in [0.15, 0.2) is 40.4 Å². The van der Waals surface area contributed by atoms with Crippen LogP contribution in [0.1, 0.15) is 24.0 Å². The Morgan fingerprint density at radius 3 is 2.57 bits per heavy atom. The number of aromatic nitrogens is 1. The molecule has 1 aromatic heterocycles. The zero-order valence-corrected chi connectivity index (χ0v) is 12.0. The first-order chi connectivity index (χ1) is 10.1. The fraction of sp³-hybridized carbons (Fsp3) is 0.200. The van der Waals surface area contributed by atoms with E-state index in [1.165, 1.54) is 18.2 Å². The molecule has 0 fully saturated rings. The molecular formula is C15H11F2N3S. The molecule has 0 aliphatic carbocycles. The van der Waals surface area contributed by atoms with Crippen LogP contribution in [-0.4, -0.2) is 10.1 Å². The van der Waals surface area contributed by atoms with Gasteiger partial charge >= 0.3 is 0 Å². The maximum Gasteiger partial charge on any atom is 0.221 e. The van der Waals surface area contributed by atoms with Crippen LogP contribution in [-0.2, 0) is 6.42 Å². The molecule has 2 heterocycles. The molecule has 3 rings (SSSR count). The van der Waals surface area contributed by atoms with Crippen molar-refractivity contribution in [2.24, 2.45) is 9.98 Å². The van der Waals surface area contributed by atoms with Crippen molar-refractivity contribution < 1.29 is 8.78 Å². The number of fused-ring (bicyclic) bond motifs is 1. The number of hydrogen-bond donors (Lipinski definition) is 0. The molecule has 1 aliphatic heterocycles. The highest BCUT2D eigenvalue weighted by molar-refractivity contribution is 7.80. The maximum atomic E-state index is 13.7. The van der Waals surface area contributed by atoms with E-state index in [1.54, 1.807) is 12.3 Å². The zero-order chi connectivity index (χ0) is 15.0. The van der Waals surface area contributed by atoms with E-state index in [1.807, 2.05) is 6.92 Å². The van der Waals surface area contributed by atoms with Gasteiger partial charge in [-0.2, -0.15) is 4.99 Å². The van der Waals surface area contributed by atoms with E-state index in [0.29, 0.717) is 10.8 Å². The SMILES string of the molecule is CC(Cc1c(F)cccc1F)c1ccnc2c1=NC(=S)N=2. The summed E-state index contributed by atoms with van der Waals surface area (Å²) in [7, 11) is 0.